The molecule has 2 heterocycles. The molecule has 1 N–H and O–H groups in total. The molecule has 6 nitrogen and oxygen atoms in total. The molecule has 0 bridgehead atoms. The number of hydrogen-bond donors (Lipinski definition) is 1. The van der Waals surface area contributed by atoms with Gasteiger partial charge in [-0.15, -0.1) is 11.3 Å². The first-order valence-electron chi connectivity index (χ1n) is 8.85. The van der Waals surface area contributed by atoms with Gasteiger partial charge >= 0.3 is 12.1 Å². The van der Waals surface area contributed by atoms with Crippen LogP contribution in [0, 0.1) is 0 Å². The fourth-order valence-electron chi connectivity index (χ4n) is 2.83. The number of esters is 1. The average molecular weight is 428 g/mol. The van der Waals surface area contributed by atoms with Gasteiger partial charge in [0.1, 0.15) is 0 Å². The second-order valence-electron chi connectivity index (χ2n) is 6.29. The Balaban J connectivity index is 1.68. The fourth-order valence-corrected chi connectivity index (χ4v) is 3.52. The summed E-state index contributed by atoms with van der Waals surface area (Å²) in [6.07, 6.45) is -4.51. The van der Waals surface area contributed by atoms with Gasteiger partial charge in [-0.3, -0.25) is 9.59 Å². The van der Waals surface area contributed by atoms with Gasteiger partial charge in [0.15, 0.2) is 6.61 Å². The summed E-state index contributed by atoms with van der Waals surface area (Å²) in [5.74, 6) is -1.29. The molecule has 1 saturated heterocycles. The summed E-state index contributed by atoms with van der Waals surface area (Å²) in [5, 5.41) is 4.25. The van der Waals surface area contributed by atoms with E-state index in [9.17, 15) is 22.8 Å². The van der Waals surface area contributed by atoms with Crippen LogP contribution in [0.2, 0.25) is 0 Å². The molecule has 156 valence electrons. The van der Waals surface area contributed by atoms with Gasteiger partial charge in [0, 0.05) is 18.0 Å². The molecule has 0 unspecified atom stereocenters. The molecule has 1 aromatic carbocycles. The molecule has 0 radical (unpaired) electrons. The predicted octanol–water partition coefficient (Wildman–Crippen LogP) is 3.33. The van der Waals surface area contributed by atoms with E-state index in [1.165, 1.54) is 17.4 Å². The fraction of sp³-hybridized carbons (Fsp3) is 0.368. The summed E-state index contributed by atoms with van der Waals surface area (Å²) in [4.78, 5) is 26.6. The van der Waals surface area contributed by atoms with E-state index in [0.29, 0.717) is 32.0 Å². The normalized spacial score (nSPS) is 14.5. The number of thiophene rings is 1. The van der Waals surface area contributed by atoms with Gasteiger partial charge in [-0.1, -0.05) is 6.07 Å². The van der Waals surface area contributed by atoms with Gasteiger partial charge in [-0.25, -0.2) is 0 Å². The summed E-state index contributed by atoms with van der Waals surface area (Å²) < 4.78 is 49.5. The van der Waals surface area contributed by atoms with Crippen LogP contribution in [0.3, 0.4) is 0 Å². The van der Waals surface area contributed by atoms with Crippen molar-refractivity contribution in [1.29, 1.82) is 0 Å². The highest BCUT2D eigenvalue weighted by Gasteiger charge is 2.32. The van der Waals surface area contributed by atoms with Gasteiger partial charge in [0.25, 0.3) is 5.91 Å². The quantitative estimate of drug-likeness (QED) is 0.715. The summed E-state index contributed by atoms with van der Waals surface area (Å²) in [6.45, 7) is 1.28. The molecule has 1 aliphatic heterocycles. The molecule has 1 fully saturated rings. The van der Waals surface area contributed by atoms with Crippen LogP contribution >= 0.6 is 11.3 Å². The number of ether oxygens (including phenoxy) is 2. The van der Waals surface area contributed by atoms with E-state index in [4.69, 9.17) is 9.47 Å². The number of hydrogen-bond acceptors (Lipinski definition) is 6. The summed E-state index contributed by atoms with van der Waals surface area (Å²) in [7, 11) is 0. The van der Waals surface area contributed by atoms with Crippen molar-refractivity contribution in [1.82, 2.24) is 0 Å². The third-order valence-corrected chi connectivity index (χ3v) is 5.09. The Labute approximate surface area is 169 Å². The Kier molecular flexibility index (Phi) is 6.75. The van der Waals surface area contributed by atoms with Crippen LogP contribution in [0.15, 0.2) is 35.7 Å². The van der Waals surface area contributed by atoms with Crippen LogP contribution in [-0.2, 0) is 31.7 Å². The van der Waals surface area contributed by atoms with E-state index in [0.717, 1.165) is 17.0 Å². The first kappa shape index (κ1) is 21.1. The smallest absolute Gasteiger partial charge is 0.416 e. The molecule has 29 heavy (non-hydrogen) atoms. The van der Waals surface area contributed by atoms with Crippen molar-refractivity contribution in [3.63, 3.8) is 0 Å². The van der Waals surface area contributed by atoms with Gasteiger partial charge in [-0.2, -0.15) is 13.2 Å². The van der Waals surface area contributed by atoms with Crippen molar-refractivity contribution in [2.24, 2.45) is 0 Å². The lowest BCUT2D eigenvalue weighted by molar-refractivity contribution is -0.146. The molecule has 2 aromatic rings. The number of halogens is 3. The largest absolute Gasteiger partial charge is 0.455 e. The number of benzene rings is 1. The van der Waals surface area contributed by atoms with Crippen LogP contribution < -0.4 is 10.2 Å². The van der Waals surface area contributed by atoms with Crippen molar-refractivity contribution in [3.05, 3.63) is 46.2 Å². The highest BCUT2D eigenvalue weighted by molar-refractivity contribution is 7.10. The van der Waals surface area contributed by atoms with Crippen LogP contribution in [0.5, 0.6) is 0 Å². The van der Waals surface area contributed by atoms with Crippen molar-refractivity contribution >= 4 is 34.6 Å². The van der Waals surface area contributed by atoms with E-state index < -0.39 is 30.2 Å². The van der Waals surface area contributed by atoms with Crippen molar-refractivity contribution in [2.45, 2.75) is 12.6 Å². The lowest BCUT2D eigenvalue weighted by Gasteiger charge is -2.31. The molecular weight excluding hydrogens is 409 g/mol. The van der Waals surface area contributed by atoms with E-state index in [-0.39, 0.29) is 12.1 Å². The van der Waals surface area contributed by atoms with Crippen molar-refractivity contribution < 1.29 is 32.2 Å². The number of carbonyl (C=O) groups excluding carboxylic acids is 2. The molecule has 1 amide bonds. The minimum atomic E-state index is -4.55. The van der Waals surface area contributed by atoms with Crippen molar-refractivity contribution in [2.75, 3.05) is 43.1 Å². The summed E-state index contributed by atoms with van der Waals surface area (Å²) >= 11 is 1.39. The number of carbonyl (C=O) groups is 2. The first-order valence-corrected chi connectivity index (χ1v) is 9.72. The van der Waals surface area contributed by atoms with Crippen LogP contribution in [0.1, 0.15) is 10.4 Å². The molecule has 0 saturated carbocycles. The minimum Gasteiger partial charge on any atom is -0.455 e. The Bertz CT molecular complexity index is 850. The number of morpholine rings is 1. The first-order chi connectivity index (χ1) is 13.8. The average Bonchev–Trinajstić information content (AvgIpc) is 3.19. The zero-order chi connectivity index (χ0) is 20.9. The standard InChI is InChI=1S/C19H19F3N2O4S/c20-19(21,22)13-3-4-16(24-5-7-27-8-6-24)15(10-13)23-17(25)12-28-18(26)11-14-2-1-9-29-14/h1-4,9-10H,5-8,11-12H2,(H,23,25). The Morgan fingerprint density at radius 3 is 2.62 bits per heavy atom. The van der Waals surface area contributed by atoms with Gasteiger partial charge in [0.05, 0.1) is 36.6 Å². The van der Waals surface area contributed by atoms with Crippen LogP contribution in [-0.4, -0.2) is 44.8 Å². The van der Waals surface area contributed by atoms with E-state index in [1.807, 2.05) is 10.3 Å². The third-order valence-electron chi connectivity index (χ3n) is 4.21. The van der Waals surface area contributed by atoms with Crippen molar-refractivity contribution in [3.8, 4) is 0 Å². The van der Waals surface area contributed by atoms with Gasteiger partial charge < -0.3 is 19.7 Å². The van der Waals surface area contributed by atoms with E-state index >= 15 is 0 Å². The second kappa shape index (κ2) is 9.27. The minimum absolute atomic E-state index is 0.0148. The number of anilines is 2. The zero-order valence-electron chi connectivity index (χ0n) is 15.3. The topological polar surface area (TPSA) is 67.9 Å². The molecule has 10 heteroatoms. The lowest BCUT2D eigenvalue weighted by atomic mass is 10.1. The zero-order valence-corrected chi connectivity index (χ0v) is 16.1. The van der Waals surface area contributed by atoms with Crippen LogP contribution in [0.25, 0.3) is 0 Å². The Morgan fingerprint density at radius 1 is 1.21 bits per heavy atom. The van der Waals surface area contributed by atoms with Crippen LogP contribution in [0.4, 0.5) is 24.5 Å². The summed E-state index contributed by atoms with van der Waals surface area (Å²) in [5.41, 5.74) is -0.403. The third kappa shape index (κ3) is 5.94. The monoisotopic (exact) mass is 428 g/mol. The number of rotatable bonds is 6. The number of nitrogens with zero attached hydrogens (tertiary/aromatic N) is 1. The highest BCUT2D eigenvalue weighted by Crippen LogP contribution is 2.35. The lowest BCUT2D eigenvalue weighted by Crippen LogP contribution is -2.37. The molecule has 3 rings (SSSR count). The molecule has 0 aliphatic carbocycles. The maximum Gasteiger partial charge on any atom is 0.416 e. The predicted molar refractivity (Wildman–Crippen MR) is 102 cm³/mol. The molecule has 0 spiro atoms. The Morgan fingerprint density at radius 2 is 1.97 bits per heavy atom. The molecule has 0 atom stereocenters. The Hall–Kier alpha value is -2.59. The maximum absolute atomic E-state index is 13.1. The maximum atomic E-state index is 13.1. The number of alkyl halides is 3. The number of nitrogens with one attached hydrogen (secondary N) is 1. The summed E-state index contributed by atoms with van der Waals surface area (Å²) in [6, 6.07) is 6.74. The second-order valence-corrected chi connectivity index (χ2v) is 7.33. The van der Waals surface area contributed by atoms with Gasteiger partial charge in [-0.05, 0) is 29.6 Å². The highest BCUT2D eigenvalue weighted by atomic mass is 32.1. The van der Waals surface area contributed by atoms with E-state index in [2.05, 4.69) is 5.32 Å². The van der Waals surface area contributed by atoms with Gasteiger partial charge in [0.2, 0.25) is 0 Å². The molecular formula is C19H19F3N2O4S. The molecule has 1 aromatic heterocycles. The SMILES string of the molecule is O=C(COC(=O)Cc1cccs1)Nc1cc(C(F)(F)F)ccc1N1CCOCC1. The van der Waals surface area contributed by atoms with E-state index in [1.54, 1.807) is 12.1 Å². The number of amides is 1. The molecule has 1 aliphatic rings.